The number of nitrogens with one attached hydrogen (secondary N) is 1. The summed E-state index contributed by atoms with van der Waals surface area (Å²) in [6.07, 6.45) is 2.06. The molecule has 0 saturated heterocycles. The molecule has 7 nitrogen and oxygen atoms in total. The Labute approximate surface area is 124 Å². The Morgan fingerprint density at radius 3 is 2.76 bits per heavy atom. The molecule has 1 N–H and O–H groups in total. The van der Waals surface area contributed by atoms with E-state index in [-0.39, 0.29) is 23.8 Å². The van der Waals surface area contributed by atoms with E-state index in [2.05, 4.69) is 12.2 Å². The fourth-order valence-electron chi connectivity index (χ4n) is 1.84. The van der Waals surface area contributed by atoms with Gasteiger partial charge in [0.05, 0.1) is 24.6 Å². The molecule has 0 unspecified atom stereocenters. The molecule has 0 bridgehead atoms. The van der Waals surface area contributed by atoms with E-state index in [1.807, 2.05) is 11.9 Å². The smallest absolute Gasteiger partial charge is 0.296 e. The molecule has 0 aliphatic carbocycles. The topological polar surface area (TPSA) is 84.7 Å². The maximum Gasteiger partial charge on any atom is 0.296 e. The van der Waals surface area contributed by atoms with Gasteiger partial charge >= 0.3 is 0 Å². The van der Waals surface area contributed by atoms with Gasteiger partial charge in [0.1, 0.15) is 11.4 Å². The highest BCUT2D eigenvalue weighted by atomic mass is 16.6. The number of hydrogen-bond donors (Lipinski definition) is 1. The van der Waals surface area contributed by atoms with E-state index in [1.54, 1.807) is 6.07 Å². The summed E-state index contributed by atoms with van der Waals surface area (Å²) in [7, 11) is 3.28. The van der Waals surface area contributed by atoms with Gasteiger partial charge in [0.2, 0.25) is 5.91 Å². The molecule has 0 heterocycles. The van der Waals surface area contributed by atoms with Crippen LogP contribution in [0.25, 0.3) is 0 Å². The minimum Gasteiger partial charge on any atom is -0.496 e. The van der Waals surface area contributed by atoms with Crippen LogP contribution in [-0.4, -0.2) is 43.0 Å². The van der Waals surface area contributed by atoms with Gasteiger partial charge in [0.25, 0.3) is 5.69 Å². The predicted octanol–water partition coefficient (Wildman–Crippen LogP) is 2.27. The van der Waals surface area contributed by atoms with Crippen LogP contribution in [0, 0.1) is 10.1 Å². The van der Waals surface area contributed by atoms with Gasteiger partial charge in [0, 0.05) is 0 Å². The van der Waals surface area contributed by atoms with Gasteiger partial charge in [-0.1, -0.05) is 13.3 Å². The van der Waals surface area contributed by atoms with Crippen LogP contribution in [0.2, 0.25) is 0 Å². The molecule has 1 aromatic rings. The Bertz CT molecular complexity index is 505. The lowest BCUT2D eigenvalue weighted by atomic mass is 10.2. The first kappa shape index (κ1) is 16.9. The maximum absolute atomic E-state index is 11.9. The summed E-state index contributed by atoms with van der Waals surface area (Å²) < 4.78 is 4.95. The van der Waals surface area contributed by atoms with Crippen molar-refractivity contribution in [3.8, 4) is 5.75 Å². The average Bonchev–Trinajstić information content (AvgIpc) is 2.45. The van der Waals surface area contributed by atoms with Crippen molar-refractivity contribution in [3.05, 3.63) is 28.3 Å². The average molecular weight is 295 g/mol. The summed E-state index contributed by atoms with van der Waals surface area (Å²) in [5.41, 5.74) is -0.00592. The molecule has 116 valence electrons. The molecule has 7 heteroatoms. The van der Waals surface area contributed by atoms with Gasteiger partial charge in [-0.05, 0) is 32.1 Å². The zero-order valence-electron chi connectivity index (χ0n) is 12.6. The highest BCUT2D eigenvalue weighted by Gasteiger charge is 2.17. The normalized spacial score (nSPS) is 10.5. The van der Waals surface area contributed by atoms with Crippen LogP contribution in [0.5, 0.6) is 5.75 Å². The number of methoxy groups -OCH3 is 1. The van der Waals surface area contributed by atoms with Gasteiger partial charge in [0.15, 0.2) is 0 Å². The van der Waals surface area contributed by atoms with E-state index in [4.69, 9.17) is 4.74 Å². The standard InChI is InChI=1S/C14H21N3O4/c1-4-5-8-16(2)10-14(18)15-12-7-6-11(21-3)9-13(12)17(19)20/h6-7,9H,4-5,8,10H2,1-3H3,(H,15,18). The second kappa shape index (κ2) is 8.21. The van der Waals surface area contributed by atoms with Crippen LogP contribution in [0.1, 0.15) is 19.8 Å². The third kappa shape index (κ3) is 5.39. The van der Waals surface area contributed by atoms with Crippen LogP contribution >= 0.6 is 0 Å². The lowest BCUT2D eigenvalue weighted by Gasteiger charge is -2.15. The van der Waals surface area contributed by atoms with E-state index in [9.17, 15) is 14.9 Å². The first-order chi connectivity index (χ1) is 9.97. The molecule has 1 rings (SSSR count). The lowest BCUT2D eigenvalue weighted by molar-refractivity contribution is -0.384. The fraction of sp³-hybridized carbons (Fsp3) is 0.500. The van der Waals surface area contributed by atoms with Crippen molar-refractivity contribution in [2.75, 3.05) is 32.6 Å². The number of nitro groups is 1. The third-order valence-electron chi connectivity index (χ3n) is 2.98. The van der Waals surface area contributed by atoms with Crippen molar-refractivity contribution in [3.63, 3.8) is 0 Å². The first-order valence-electron chi connectivity index (χ1n) is 6.78. The summed E-state index contributed by atoms with van der Waals surface area (Å²) in [4.78, 5) is 24.3. The number of ether oxygens (including phenoxy) is 1. The number of nitro benzene ring substituents is 1. The largest absolute Gasteiger partial charge is 0.496 e. The minimum atomic E-state index is -0.543. The Morgan fingerprint density at radius 2 is 2.19 bits per heavy atom. The van der Waals surface area contributed by atoms with E-state index in [1.165, 1.54) is 19.2 Å². The quantitative estimate of drug-likeness (QED) is 0.587. The van der Waals surface area contributed by atoms with Crippen LogP contribution in [0.3, 0.4) is 0 Å². The van der Waals surface area contributed by atoms with Crippen molar-refractivity contribution in [1.82, 2.24) is 4.90 Å². The Kier molecular flexibility index (Phi) is 6.61. The first-order valence-corrected chi connectivity index (χ1v) is 6.78. The van der Waals surface area contributed by atoms with E-state index in [0.717, 1.165) is 19.4 Å². The molecular formula is C14H21N3O4. The number of benzene rings is 1. The van der Waals surface area contributed by atoms with Crippen LogP contribution in [0.4, 0.5) is 11.4 Å². The monoisotopic (exact) mass is 295 g/mol. The van der Waals surface area contributed by atoms with Crippen molar-refractivity contribution < 1.29 is 14.5 Å². The van der Waals surface area contributed by atoms with E-state index < -0.39 is 4.92 Å². The van der Waals surface area contributed by atoms with Gasteiger partial charge in [-0.25, -0.2) is 0 Å². The van der Waals surface area contributed by atoms with Gasteiger partial charge in [-0.3, -0.25) is 19.8 Å². The van der Waals surface area contributed by atoms with Crippen LogP contribution in [0.15, 0.2) is 18.2 Å². The summed E-state index contributed by atoms with van der Waals surface area (Å²) in [5.74, 6) is 0.0987. The zero-order chi connectivity index (χ0) is 15.8. The van der Waals surface area contributed by atoms with Gasteiger partial charge < -0.3 is 10.1 Å². The molecule has 0 aliphatic rings. The molecule has 0 fully saturated rings. The Balaban J connectivity index is 2.73. The molecule has 0 radical (unpaired) electrons. The number of likely N-dealkylation sites (N-methyl/N-ethyl adjacent to an activating group) is 1. The molecule has 1 aromatic carbocycles. The second-order valence-corrected chi connectivity index (χ2v) is 4.78. The number of carbonyl (C=O) groups is 1. The summed E-state index contributed by atoms with van der Waals surface area (Å²) in [6, 6.07) is 4.33. The molecule has 0 aromatic heterocycles. The van der Waals surface area contributed by atoms with E-state index >= 15 is 0 Å². The second-order valence-electron chi connectivity index (χ2n) is 4.78. The summed E-state index contributed by atoms with van der Waals surface area (Å²) in [5, 5.41) is 13.6. The van der Waals surface area contributed by atoms with Crippen LogP contribution < -0.4 is 10.1 Å². The van der Waals surface area contributed by atoms with Gasteiger partial charge in [-0.15, -0.1) is 0 Å². The van der Waals surface area contributed by atoms with Crippen LogP contribution in [-0.2, 0) is 4.79 Å². The number of amides is 1. The number of rotatable bonds is 8. The lowest BCUT2D eigenvalue weighted by Crippen LogP contribution is -2.31. The molecule has 0 aliphatic heterocycles. The molecule has 1 amide bonds. The predicted molar refractivity (Wildman–Crippen MR) is 80.7 cm³/mol. The summed E-state index contributed by atoms with van der Waals surface area (Å²) >= 11 is 0. The number of hydrogen-bond acceptors (Lipinski definition) is 5. The minimum absolute atomic E-state index is 0.176. The van der Waals surface area contributed by atoms with Crippen molar-refractivity contribution in [1.29, 1.82) is 0 Å². The Morgan fingerprint density at radius 1 is 1.48 bits per heavy atom. The summed E-state index contributed by atoms with van der Waals surface area (Å²) in [6.45, 7) is 3.09. The molecule has 0 atom stereocenters. The Hall–Kier alpha value is -2.15. The molecular weight excluding hydrogens is 274 g/mol. The fourth-order valence-corrected chi connectivity index (χ4v) is 1.84. The zero-order valence-corrected chi connectivity index (χ0v) is 12.6. The van der Waals surface area contributed by atoms with Crippen molar-refractivity contribution >= 4 is 17.3 Å². The molecule has 0 saturated carbocycles. The SMILES string of the molecule is CCCCN(C)CC(=O)Nc1ccc(OC)cc1[N+](=O)[O-]. The maximum atomic E-state index is 11.9. The van der Waals surface area contributed by atoms with Crippen molar-refractivity contribution in [2.24, 2.45) is 0 Å². The molecule has 21 heavy (non-hydrogen) atoms. The highest BCUT2D eigenvalue weighted by Crippen LogP contribution is 2.28. The highest BCUT2D eigenvalue weighted by molar-refractivity contribution is 5.94. The van der Waals surface area contributed by atoms with Crippen molar-refractivity contribution in [2.45, 2.75) is 19.8 Å². The number of anilines is 1. The number of unbranched alkanes of at least 4 members (excludes halogenated alkanes) is 1. The third-order valence-corrected chi connectivity index (χ3v) is 2.98. The van der Waals surface area contributed by atoms with E-state index in [0.29, 0.717) is 5.75 Å². The molecule has 0 spiro atoms. The number of nitrogens with zero attached hydrogens (tertiary/aromatic N) is 2. The van der Waals surface area contributed by atoms with Gasteiger partial charge in [-0.2, -0.15) is 0 Å². The number of carbonyl (C=O) groups excluding carboxylic acids is 1.